The minimum atomic E-state index is -0.997. The highest BCUT2D eigenvalue weighted by atomic mass is 16.5. The summed E-state index contributed by atoms with van der Waals surface area (Å²) < 4.78 is 9.87. The molecule has 7 nitrogen and oxygen atoms in total. The summed E-state index contributed by atoms with van der Waals surface area (Å²) in [4.78, 5) is 34.7. The van der Waals surface area contributed by atoms with Gasteiger partial charge in [-0.1, -0.05) is 0 Å². The lowest BCUT2D eigenvalue weighted by atomic mass is 10.2. The zero-order chi connectivity index (χ0) is 13.5. The van der Waals surface area contributed by atoms with E-state index < -0.39 is 5.97 Å². The summed E-state index contributed by atoms with van der Waals surface area (Å²) in [6.07, 6.45) is -0.489. The first-order valence-corrected chi connectivity index (χ1v) is 5.71. The third-order valence-electron chi connectivity index (χ3n) is 2.67. The molecule has 102 valence electrons. The fraction of sp³-hybridized carbons (Fsp3) is 0.727. The van der Waals surface area contributed by atoms with E-state index >= 15 is 0 Å². The summed E-state index contributed by atoms with van der Waals surface area (Å²) >= 11 is 0. The lowest BCUT2D eigenvalue weighted by Crippen LogP contribution is -2.46. The Kier molecular flexibility index (Phi) is 5.57. The standard InChI is InChI=1S/C11H17NO6/c1-17-11(16)6-8-7-12(4-5-18-8)9(13)2-3-10(14)15/h8H,2-7H2,1H3,(H,14,15). The van der Waals surface area contributed by atoms with Crippen LogP contribution in [0.4, 0.5) is 0 Å². The van der Waals surface area contributed by atoms with Crippen LogP contribution in [0.3, 0.4) is 0 Å². The highest BCUT2D eigenvalue weighted by Gasteiger charge is 2.26. The Hall–Kier alpha value is -1.63. The fourth-order valence-corrected chi connectivity index (χ4v) is 1.71. The first kappa shape index (κ1) is 14.4. The average Bonchev–Trinajstić information content (AvgIpc) is 2.36. The molecule has 1 rings (SSSR count). The lowest BCUT2D eigenvalue weighted by Gasteiger charge is -2.32. The Labute approximate surface area is 105 Å². The molecule has 1 aliphatic heterocycles. The van der Waals surface area contributed by atoms with Crippen LogP contribution >= 0.6 is 0 Å². The molecule has 1 amide bonds. The van der Waals surface area contributed by atoms with Crippen molar-refractivity contribution in [3.8, 4) is 0 Å². The van der Waals surface area contributed by atoms with E-state index in [1.54, 1.807) is 0 Å². The number of aliphatic carboxylic acids is 1. The molecule has 1 atom stereocenters. The number of ether oxygens (including phenoxy) is 2. The second kappa shape index (κ2) is 6.95. The molecule has 0 spiro atoms. The largest absolute Gasteiger partial charge is 0.481 e. The molecule has 1 fully saturated rings. The van der Waals surface area contributed by atoms with Crippen LogP contribution in [0.25, 0.3) is 0 Å². The smallest absolute Gasteiger partial charge is 0.308 e. The molecular weight excluding hydrogens is 242 g/mol. The van der Waals surface area contributed by atoms with Gasteiger partial charge in [-0.25, -0.2) is 0 Å². The molecule has 0 aromatic heterocycles. The van der Waals surface area contributed by atoms with Gasteiger partial charge in [-0.05, 0) is 0 Å². The molecule has 18 heavy (non-hydrogen) atoms. The predicted molar refractivity (Wildman–Crippen MR) is 59.8 cm³/mol. The highest BCUT2D eigenvalue weighted by Crippen LogP contribution is 2.11. The summed E-state index contributed by atoms with van der Waals surface area (Å²) in [5.74, 6) is -1.61. The van der Waals surface area contributed by atoms with Crippen LogP contribution < -0.4 is 0 Å². The molecule has 0 aromatic rings. The molecule has 1 N–H and O–H groups in total. The monoisotopic (exact) mass is 259 g/mol. The van der Waals surface area contributed by atoms with Crippen molar-refractivity contribution in [3.05, 3.63) is 0 Å². The Morgan fingerprint density at radius 1 is 1.39 bits per heavy atom. The number of amides is 1. The Morgan fingerprint density at radius 3 is 2.72 bits per heavy atom. The quantitative estimate of drug-likeness (QED) is 0.678. The number of morpholine rings is 1. The maximum absolute atomic E-state index is 11.7. The van der Waals surface area contributed by atoms with Crippen LogP contribution in [0.2, 0.25) is 0 Å². The number of carbonyl (C=O) groups is 3. The third kappa shape index (κ3) is 4.70. The minimum Gasteiger partial charge on any atom is -0.481 e. The molecule has 0 saturated carbocycles. The molecule has 0 aromatic carbocycles. The average molecular weight is 259 g/mol. The maximum atomic E-state index is 11.7. The summed E-state index contributed by atoms with van der Waals surface area (Å²) in [5, 5.41) is 8.51. The molecule has 1 aliphatic rings. The van der Waals surface area contributed by atoms with Gasteiger partial charge >= 0.3 is 11.9 Å². The topological polar surface area (TPSA) is 93.1 Å². The molecule has 1 saturated heterocycles. The SMILES string of the molecule is COC(=O)CC1CN(C(=O)CCC(=O)O)CCO1. The van der Waals surface area contributed by atoms with Gasteiger partial charge in [-0.15, -0.1) is 0 Å². The maximum Gasteiger partial charge on any atom is 0.308 e. The van der Waals surface area contributed by atoms with Crippen LogP contribution in [0.5, 0.6) is 0 Å². The number of hydrogen-bond acceptors (Lipinski definition) is 5. The van der Waals surface area contributed by atoms with E-state index in [0.29, 0.717) is 19.7 Å². The minimum absolute atomic E-state index is 0.0275. The number of carboxylic acids is 1. The van der Waals surface area contributed by atoms with Crippen LogP contribution in [0, 0.1) is 0 Å². The first-order valence-electron chi connectivity index (χ1n) is 5.71. The van der Waals surface area contributed by atoms with E-state index in [0.717, 1.165) is 0 Å². The van der Waals surface area contributed by atoms with Gasteiger partial charge < -0.3 is 19.5 Å². The summed E-state index contributed by atoms with van der Waals surface area (Å²) in [6, 6.07) is 0. The van der Waals surface area contributed by atoms with Crippen molar-refractivity contribution in [3.63, 3.8) is 0 Å². The van der Waals surface area contributed by atoms with Crippen LogP contribution in [0.1, 0.15) is 19.3 Å². The van der Waals surface area contributed by atoms with Gasteiger partial charge in [0.25, 0.3) is 0 Å². The Balaban J connectivity index is 2.40. The molecule has 0 radical (unpaired) electrons. The second-order valence-electron chi connectivity index (χ2n) is 4.01. The van der Waals surface area contributed by atoms with Crippen molar-refractivity contribution in [2.75, 3.05) is 26.8 Å². The number of hydrogen-bond donors (Lipinski definition) is 1. The summed E-state index contributed by atoms with van der Waals surface area (Å²) in [5.41, 5.74) is 0. The molecule has 7 heteroatoms. The summed E-state index contributed by atoms with van der Waals surface area (Å²) in [6.45, 7) is 1.07. The Morgan fingerprint density at radius 2 is 2.11 bits per heavy atom. The first-order chi connectivity index (χ1) is 8.52. The summed E-state index contributed by atoms with van der Waals surface area (Å²) in [7, 11) is 1.29. The van der Waals surface area contributed by atoms with Gasteiger partial charge in [0.1, 0.15) is 0 Å². The third-order valence-corrected chi connectivity index (χ3v) is 2.67. The number of carboxylic acid groups (broad SMARTS) is 1. The number of carbonyl (C=O) groups excluding carboxylic acids is 2. The van der Waals surface area contributed by atoms with Gasteiger partial charge in [-0.3, -0.25) is 14.4 Å². The van der Waals surface area contributed by atoms with E-state index in [1.165, 1.54) is 12.0 Å². The van der Waals surface area contributed by atoms with Gasteiger partial charge in [-0.2, -0.15) is 0 Å². The molecule has 0 aliphatic carbocycles. The van der Waals surface area contributed by atoms with E-state index in [4.69, 9.17) is 9.84 Å². The number of nitrogens with zero attached hydrogens (tertiary/aromatic N) is 1. The van der Waals surface area contributed by atoms with Crippen molar-refractivity contribution in [2.24, 2.45) is 0 Å². The number of esters is 1. The van der Waals surface area contributed by atoms with Gasteiger partial charge in [0.05, 0.1) is 32.7 Å². The fourth-order valence-electron chi connectivity index (χ4n) is 1.71. The van der Waals surface area contributed by atoms with E-state index in [1.807, 2.05) is 0 Å². The van der Waals surface area contributed by atoms with E-state index in [-0.39, 0.29) is 37.2 Å². The molecular formula is C11H17NO6. The molecule has 0 bridgehead atoms. The van der Waals surface area contributed by atoms with Gasteiger partial charge in [0, 0.05) is 19.5 Å². The van der Waals surface area contributed by atoms with E-state index in [9.17, 15) is 14.4 Å². The van der Waals surface area contributed by atoms with Crippen LogP contribution in [-0.4, -0.2) is 60.8 Å². The van der Waals surface area contributed by atoms with Crippen molar-refractivity contribution in [1.29, 1.82) is 0 Å². The van der Waals surface area contributed by atoms with Gasteiger partial charge in [0.2, 0.25) is 5.91 Å². The van der Waals surface area contributed by atoms with Crippen molar-refractivity contribution < 1.29 is 29.0 Å². The lowest BCUT2D eigenvalue weighted by molar-refractivity contribution is -0.150. The zero-order valence-corrected chi connectivity index (χ0v) is 10.3. The zero-order valence-electron chi connectivity index (χ0n) is 10.3. The van der Waals surface area contributed by atoms with Gasteiger partial charge in [0.15, 0.2) is 0 Å². The van der Waals surface area contributed by atoms with Crippen LogP contribution in [0.15, 0.2) is 0 Å². The number of rotatable bonds is 5. The normalized spacial score (nSPS) is 19.4. The predicted octanol–water partition coefficient (Wildman–Crippen LogP) is -0.358. The molecule has 1 heterocycles. The van der Waals surface area contributed by atoms with Crippen molar-refractivity contribution in [1.82, 2.24) is 4.90 Å². The highest BCUT2D eigenvalue weighted by molar-refractivity contribution is 5.81. The molecule has 1 unspecified atom stereocenters. The Bertz CT molecular complexity index is 329. The van der Waals surface area contributed by atoms with Crippen molar-refractivity contribution in [2.45, 2.75) is 25.4 Å². The van der Waals surface area contributed by atoms with E-state index in [2.05, 4.69) is 4.74 Å². The van der Waals surface area contributed by atoms with Crippen molar-refractivity contribution >= 4 is 17.8 Å². The second-order valence-corrected chi connectivity index (χ2v) is 4.01. The van der Waals surface area contributed by atoms with Crippen LogP contribution in [-0.2, 0) is 23.9 Å². The number of methoxy groups -OCH3 is 1.